The van der Waals surface area contributed by atoms with Crippen molar-refractivity contribution < 1.29 is 13.5 Å². The summed E-state index contributed by atoms with van der Waals surface area (Å²) < 4.78 is 26.0. The maximum Gasteiger partial charge on any atom is 0.253 e. The zero-order valence-electron chi connectivity index (χ0n) is 10.0. The van der Waals surface area contributed by atoms with Crippen molar-refractivity contribution >= 4 is 15.9 Å². The highest BCUT2D eigenvalue weighted by Crippen LogP contribution is 2.04. The van der Waals surface area contributed by atoms with Crippen LogP contribution in [0.3, 0.4) is 0 Å². The van der Waals surface area contributed by atoms with Crippen LogP contribution in [-0.4, -0.2) is 62.7 Å². The SMILES string of the molecule is C=CC([O-])=NS(=O)(=O)CCN1CCN(CC)C1. The molecule has 0 radical (unpaired) electrons. The highest BCUT2D eigenvalue weighted by molar-refractivity contribution is 7.90. The number of likely N-dealkylation sites (N-methyl/N-ethyl adjacent to an activating group) is 1. The van der Waals surface area contributed by atoms with E-state index in [-0.39, 0.29) is 5.75 Å². The molecule has 0 aromatic rings. The van der Waals surface area contributed by atoms with E-state index < -0.39 is 15.9 Å². The van der Waals surface area contributed by atoms with Gasteiger partial charge in [0.2, 0.25) is 0 Å². The van der Waals surface area contributed by atoms with Gasteiger partial charge in [0, 0.05) is 25.5 Å². The van der Waals surface area contributed by atoms with Crippen LogP contribution < -0.4 is 5.11 Å². The number of hydrogen-bond acceptors (Lipinski definition) is 5. The first-order valence-corrected chi connectivity index (χ1v) is 7.14. The van der Waals surface area contributed by atoms with Crippen molar-refractivity contribution in [1.82, 2.24) is 9.80 Å². The highest BCUT2D eigenvalue weighted by Gasteiger charge is 2.19. The van der Waals surface area contributed by atoms with Gasteiger partial charge < -0.3 is 5.11 Å². The van der Waals surface area contributed by atoms with Crippen LogP contribution in [0.1, 0.15) is 6.92 Å². The van der Waals surface area contributed by atoms with Gasteiger partial charge in [-0.25, -0.2) is 8.42 Å². The van der Waals surface area contributed by atoms with Gasteiger partial charge in [0.1, 0.15) is 0 Å². The molecule has 0 unspecified atom stereocenters. The van der Waals surface area contributed by atoms with Crippen molar-refractivity contribution in [2.24, 2.45) is 4.40 Å². The Morgan fingerprint density at radius 1 is 1.47 bits per heavy atom. The van der Waals surface area contributed by atoms with Crippen molar-refractivity contribution in [3.8, 4) is 0 Å². The molecule has 6 nitrogen and oxygen atoms in total. The molecule has 1 fully saturated rings. The van der Waals surface area contributed by atoms with Crippen molar-refractivity contribution in [1.29, 1.82) is 0 Å². The van der Waals surface area contributed by atoms with Crippen LogP contribution in [0, 0.1) is 0 Å². The first-order chi connectivity index (χ1) is 7.96. The second-order valence-corrected chi connectivity index (χ2v) is 5.64. The van der Waals surface area contributed by atoms with Gasteiger partial charge >= 0.3 is 0 Å². The van der Waals surface area contributed by atoms with Gasteiger partial charge in [-0.05, 0) is 6.54 Å². The normalized spacial score (nSPS) is 19.7. The van der Waals surface area contributed by atoms with E-state index in [0.717, 1.165) is 32.4 Å². The molecule has 0 aliphatic carbocycles. The van der Waals surface area contributed by atoms with Crippen LogP contribution in [0.25, 0.3) is 0 Å². The van der Waals surface area contributed by atoms with Gasteiger partial charge in [-0.3, -0.25) is 9.80 Å². The van der Waals surface area contributed by atoms with E-state index in [1.54, 1.807) is 0 Å². The van der Waals surface area contributed by atoms with E-state index in [2.05, 4.69) is 22.8 Å². The van der Waals surface area contributed by atoms with Crippen LogP contribution in [0.5, 0.6) is 0 Å². The average Bonchev–Trinajstić information content (AvgIpc) is 2.73. The van der Waals surface area contributed by atoms with E-state index in [0.29, 0.717) is 6.54 Å². The minimum atomic E-state index is -3.66. The molecule has 0 saturated carbocycles. The van der Waals surface area contributed by atoms with Crippen molar-refractivity contribution in [3.63, 3.8) is 0 Å². The van der Waals surface area contributed by atoms with Gasteiger partial charge in [0.05, 0.1) is 12.4 Å². The lowest BCUT2D eigenvalue weighted by Crippen LogP contribution is -2.30. The molecule has 0 aromatic carbocycles. The van der Waals surface area contributed by atoms with E-state index in [4.69, 9.17) is 0 Å². The molecule has 0 amide bonds. The van der Waals surface area contributed by atoms with Crippen molar-refractivity contribution in [2.45, 2.75) is 6.92 Å². The molecule has 0 N–H and O–H groups in total. The molecule has 17 heavy (non-hydrogen) atoms. The Labute approximate surface area is 102 Å². The number of rotatable bonds is 6. The molecule has 1 aliphatic rings. The molecule has 0 aromatic heterocycles. The van der Waals surface area contributed by atoms with Crippen LogP contribution in [0.2, 0.25) is 0 Å². The zero-order chi connectivity index (χ0) is 12.9. The Kier molecular flexibility index (Phi) is 5.10. The molecule has 0 spiro atoms. The van der Waals surface area contributed by atoms with Crippen molar-refractivity contribution in [2.75, 3.05) is 38.6 Å². The standard InChI is InChI=1S/C10H19N3O3S/c1-3-10(14)11-17(15,16)8-7-13-6-5-12(4-2)9-13/h3H,1,4-9H2,2H3,(H,11,14)/p-1. The summed E-state index contributed by atoms with van der Waals surface area (Å²) in [6, 6.07) is 0. The highest BCUT2D eigenvalue weighted by atomic mass is 32.2. The Bertz CT molecular complexity index is 392. The molecule has 7 heteroatoms. The Morgan fingerprint density at radius 3 is 2.65 bits per heavy atom. The molecule has 1 heterocycles. The minimum Gasteiger partial charge on any atom is -0.858 e. The van der Waals surface area contributed by atoms with Gasteiger partial charge in [-0.1, -0.05) is 19.6 Å². The van der Waals surface area contributed by atoms with Crippen LogP contribution >= 0.6 is 0 Å². The lowest BCUT2D eigenvalue weighted by Gasteiger charge is -2.16. The quantitative estimate of drug-likeness (QED) is 0.445. The first kappa shape index (κ1) is 14.1. The van der Waals surface area contributed by atoms with Gasteiger partial charge in [-0.15, -0.1) is 0 Å². The molecule has 1 aliphatic heterocycles. The third-order valence-corrected chi connectivity index (χ3v) is 3.81. The second kappa shape index (κ2) is 6.13. The van der Waals surface area contributed by atoms with Gasteiger partial charge in [0.25, 0.3) is 10.0 Å². The smallest absolute Gasteiger partial charge is 0.253 e. The summed E-state index contributed by atoms with van der Waals surface area (Å²) >= 11 is 0. The monoisotopic (exact) mass is 260 g/mol. The van der Waals surface area contributed by atoms with Crippen LogP contribution in [0.15, 0.2) is 17.1 Å². The largest absolute Gasteiger partial charge is 0.858 e. The maximum absolute atomic E-state index is 11.4. The summed E-state index contributed by atoms with van der Waals surface area (Å²) in [7, 11) is -3.66. The molecular weight excluding hydrogens is 242 g/mol. The lowest BCUT2D eigenvalue weighted by atomic mass is 10.5. The summed E-state index contributed by atoms with van der Waals surface area (Å²) in [4.78, 5) is 4.26. The predicted octanol–water partition coefficient (Wildman–Crippen LogP) is -1.14. The topological polar surface area (TPSA) is 76.0 Å². The third kappa shape index (κ3) is 4.84. The minimum absolute atomic E-state index is 0.121. The summed E-state index contributed by atoms with van der Waals surface area (Å²) in [6.07, 6.45) is 0.895. The van der Waals surface area contributed by atoms with Gasteiger partial charge in [0.15, 0.2) is 0 Å². The Balaban J connectivity index is 2.43. The van der Waals surface area contributed by atoms with E-state index in [9.17, 15) is 13.5 Å². The molecule has 1 saturated heterocycles. The third-order valence-electron chi connectivity index (χ3n) is 2.65. The predicted molar refractivity (Wildman–Crippen MR) is 65.1 cm³/mol. The lowest BCUT2D eigenvalue weighted by molar-refractivity contribution is -0.211. The van der Waals surface area contributed by atoms with E-state index in [1.165, 1.54) is 0 Å². The fourth-order valence-corrected chi connectivity index (χ4v) is 2.54. The fraction of sp³-hybridized carbons (Fsp3) is 0.700. The Morgan fingerprint density at radius 2 is 2.12 bits per heavy atom. The van der Waals surface area contributed by atoms with E-state index >= 15 is 0 Å². The summed E-state index contributed by atoms with van der Waals surface area (Å²) in [5.41, 5.74) is 0. The van der Waals surface area contributed by atoms with Gasteiger partial charge in [-0.2, -0.15) is 4.40 Å². The number of sulfonamides is 1. The molecule has 98 valence electrons. The Hall–Kier alpha value is -0.920. The summed E-state index contributed by atoms with van der Waals surface area (Å²) in [5, 5.41) is 10.8. The fourth-order valence-electron chi connectivity index (χ4n) is 1.61. The number of nitrogens with zero attached hydrogens (tertiary/aromatic N) is 3. The van der Waals surface area contributed by atoms with Crippen molar-refractivity contribution in [3.05, 3.63) is 12.7 Å². The molecule has 0 atom stereocenters. The van der Waals surface area contributed by atoms with E-state index in [1.807, 2.05) is 4.90 Å². The second-order valence-electron chi connectivity index (χ2n) is 3.89. The average molecular weight is 260 g/mol. The maximum atomic E-state index is 11.4. The molecule has 0 bridgehead atoms. The molecule has 1 rings (SSSR count). The van der Waals surface area contributed by atoms with Crippen LogP contribution in [-0.2, 0) is 10.0 Å². The zero-order valence-corrected chi connectivity index (χ0v) is 10.8. The molecular formula is C10H18N3O3S-. The first-order valence-electron chi connectivity index (χ1n) is 5.53. The van der Waals surface area contributed by atoms with Crippen LogP contribution in [0.4, 0.5) is 0 Å². The summed E-state index contributed by atoms with van der Waals surface area (Å²) in [6.45, 7) is 9.21. The summed E-state index contributed by atoms with van der Waals surface area (Å²) in [5.74, 6) is -0.925. The number of hydrogen-bond donors (Lipinski definition) is 0.